The van der Waals surface area contributed by atoms with Gasteiger partial charge in [0.2, 0.25) is 0 Å². The summed E-state index contributed by atoms with van der Waals surface area (Å²) >= 11 is 0. The van der Waals surface area contributed by atoms with Crippen LogP contribution in [0.2, 0.25) is 0 Å². The highest BCUT2D eigenvalue weighted by molar-refractivity contribution is 6.14. The van der Waals surface area contributed by atoms with Gasteiger partial charge in [-0.25, -0.2) is 4.79 Å². The summed E-state index contributed by atoms with van der Waals surface area (Å²) in [6.07, 6.45) is 0. The van der Waals surface area contributed by atoms with Crippen molar-refractivity contribution in [2.24, 2.45) is 0 Å². The number of rotatable bonds is 6. The van der Waals surface area contributed by atoms with Crippen LogP contribution < -0.4 is 0 Å². The third-order valence-electron chi connectivity index (χ3n) is 4.25. The molecular weight excluding hydrogens is 358 g/mol. The van der Waals surface area contributed by atoms with Crippen molar-refractivity contribution in [3.8, 4) is 0 Å². The average Bonchev–Trinajstić information content (AvgIpc) is 2.72. The van der Waals surface area contributed by atoms with Gasteiger partial charge in [0, 0.05) is 17.2 Å². The minimum atomic E-state index is -0.714. The van der Waals surface area contributed by atoms with Crippen LogP contribution in [0.1, 0.15) is 37.4 Å². The maximum Gasteiger partial charge on any atom is 0.339 e. The number of nitrogens with zero attached hydrogens (tertiary/aromatic N) is 1. The van der Waals surface area contributed by atoms with E-state index in [2.05, 4.69) is 0 Å². The number of aryl methyl sites for hydroxylation is 1. The molecule has 3 aromatic rings. The van der Waals surface area contributed by atoms with Crippen LogP contribution in [0.5, 0.6) is 0 Å². The number of carbonyl (C=O) groups excluding carboxylic acids is 2. The second-order valence-corrected chi connectivity index (χ2v) is 6.20. The molecule has 140 valence electrons. The van der Waals surface area contributed by atoms with Crippen LogP contribution in [-0.4, -0.2) is 16.7 Å². The van der Waals surface area contributed by atoms with Crippen molar-refractivity contribution < 1.29 is 19.2 Å². The lowest BCUT2D eigenvalue weighted by Gasteiger charge is -2.10. The maximum absolute atomic E-state index is 12.8. The number of esters is 1. The fourth-order valence-corrected chi connectivity index (χ4v) is 2.75. The summed E-state index contributed by atoms with van der Waals surface area (Å²) in [6.45, 7) is 1.66. The van der Waals surface area contributed by atoms with E-state index >= 15 is 0 Å². The van der Waals surface area contributed by atoms with Crippen LogP contribution in [0.25, 0.3) is 0 Å². The normalized spacial score (nSPS) is 10.3. The zero-order valence-corrected chi connectivity index (χ0v) is 15.1. The molecule has 3 rings (SSSR count). The highest BCUT2D eigenvalue weighted by atomic mass is 16.6. The smallest absolute Gasteiger partial charge is 0.339 e. The van der Waals surface area contributed by atoms with Crippen LogP contribution in [0.4, 0.5) is 5.69 Å². The van der Waals surface area contributed by atoms with E-state index in [9.17, 15) is 19.7 Å². The van der Waals surface area contributed by atoms with E-state index in [0.717, 1.165) is 5.56 Å². The Morgan fingerprint density at radius 3 is 2.18 bits per heavy atom. The molecule has 0 amide bonds. The largest absolute Gasteiger partial charge is 0.457 e. The molecule has 0 radical (unpaired) electrons. The van der Waals surface area contributed by atoms with Gasteiger partial charge in [0.05, 0.1) is 16.1 Å². The first-order valence-electron chi connectivity index (χ1n) is 8.57. The van der Waals surface area contributed by atoms with Gasteiger partial charge in [-0.3, -0.25) is 14.9 Å². The lowest BCUT2D eigenvalue weighted by molar-refractivity contribution is -0.385. The van der Waals surface area contributed by atoms with Crippen molar-refractivity contribution >= 4 is 17.4 Å². The van der Waals surface area contributed by atoms with E-state index in [4.69, 9.17) is 4.74 Å². The van der Waals surface area contributed by atoms with Crippen molar-refractivity contribution in [1.82, 2.24) is 0 Å². The van der Waals surface area contributed by atoms with Crippen LogP contribution >= 0.6 is 0 Å². The first-order chi connectivity index (χ1) is 13.5. The van der Waals surface area contributed by atoms with Crippen molar-refractivity contribution in [2.45, 2.75) is 13.5 Å². The van der Waals surface area contributed by atoms with Crippen molar-refractivity contribution in [3.05, 3.63) is 111 Å². The summed E-state index contributed by atoms with van der Waals surface area (Å²) in [5.41, 5.74) is 1.98. The molecule has 0 unspecified atom stereocenters. The molecule has 0 N–H and O–H groups in total. The topological polar surface area (TPSA) is 86.5 Å². The van der Waals surface area contributed by atoms with Crippen LogP contribution in [0.15, 0.2) is 72.8 Å². The Morgan fingerprint density at radius 1 is 0.893 bits per heavy atom. The van der Waals surface area contributed by atoms with E-state index in [0.29, 0.717) is 5.56 Å². The van der Waals surface area contributed by atoms with Gasteiger partial charge < -0.3 is 4.74 Å². The van der Waals surface area contributed by atoms with Crippen molar-refractivity contribution in [1.29, 1.82) is 0 Å². The lowest BCUT2D eigenvalue weighted by Crippen LogP contribution is -2.13. The fourth-order valence-electron chi connectivity index (χ4n) is 2.75. The summed E-state index contributed by atoms with van der Waals surface area (Å²) < 4.78 is 5.26. The minimum absolute atomic E-state index is 0.117. The molecule has 0 saturated carbocycles. The number of nitro benzene ring substituents is 1. The standard InChI is InChI=1S/C22H17NO5/c1-15-10-12-16(13-11-15)21(24)18-7-3-4-8-19(18)22(25)28-14-17-6-2-5-9-20(17)23(26)27/h2-13H,14H2,1H3. The highest BCUT2D eigenvalue weighted by Gasteiger charge is 2.20. The summed E-state index contributed by atoms with van der Waals surface area (Å²) in [4.78, 5) is 35.9. The van der Waals surface area contributed by atoms with Gasteiger partial charge in [-0.05, 0) is 19.1 Å². The van der Waals surface area contributed by atoms with Gasteiger partial charge in [-0.2, -0.15) is 0 Å². The van der Waals surface area contributed by atoms with Crippen LogP contribution in [0.3, 0.4) is 0 Å². The van der Waals surface area contributed by atoms with E-state index < -0.39 is 10.9 Å². The number of para-hydroxylation sites is 1. The maximum atomic E-state index is 12.8. The van der Waals surface area contributed by atoms with Gasteiger partial charge >= 0.3 is 5.97 Å². The number of benzene rings is 3. The SMILES string of the molecule is Cc1ccc(C(=O)c2ccccc2C(=O)OCc2ccccc2[N+](=O)[O-])cc1. The molecule has 0 saturated heterocycles. The Kier molecular flexibility index (Phi) is 5.60. The molecule has 0 fully saturated rings. The van der Waals surface area contributed by atoms with Crippen LogP contribution in [-0.2, 0) is 11.3 Å². The minimum Gasteiger partial charge on any atom is -0.457 e. The van der Waals surface area contributed by atoms with E-state index in [1.807, 2.05) is 19.1 Å². The van der Waals surface area contributed by atoms with Gasteiger partial charge in [0.15, 0.2) is 5.78 Å². The molecule has 28 heavy (non-hydrogen) atoms. The molecule has 3 aromatic carbocycles. The lowest BCUT2D eigenvalue weighted by atomic mass is 9.98. The number of carbonyl (C=O) groups is 2. The van der Waals surface area contributed by atoms with Gasteiger partial charge in [-0.15, -0.1) is 0 Å². The molecule has 0 aliphatic heterocycles. The second-order valence-electron chi connectivity index (χ2n) is 6.20. The zero-order chi connectivity index (χ0) is 20.1. The Morgan fingerprint density at radius 2 is 1.50 bits per heavy atom. The summed E-state index contributed by atoms with van der Waals surface area (Å²) in [5, 5.41) is 11.1. The molecule has 0 aromatic heterocycles. The number of ketones is 1. The average molecular weight is 375 g/mol. The molecule has 0 aliphatic rings. The molecule has 0 heterocycles. The Labute approximate surface area is 161 Å². The highest BCUT2D eigenvalue weighted by Crippen LogP contribution is 2.21. The first-order valence-corrected chi connectivity index (χ1v) is 8.57. The Balaban J connectivity index is 1.83. The third kappa shape index (κ3) is 4.12. The predicted octanol–water partition coefficient (Wildman–Crippen LogP) is 4.49. The predicted molar refractivity (Wildman–Crippen MR) is 103 cm³/mol. The van der Waals surface area contributed by atoms with Crippen molar-refractivity contribution in [2.75, 3.05) is 0 Å². The van der Waals surface area contributed by atoms with E-state index in [1.54, 1.807) is 42.5 Å². The zero-order valence-electron chi connectivity index (χ0n) is 15.1. The third-order valence-corrected chi connectivity index (χ3v) is 4.25. The first kappa shape index (κ1) is 19.0. The number of hydrogen-bond acceptors (Lipinski definition) is 5. The fraction of sp³-hybridized carbons (Fsp3) is 0.0909. The van der Waals surface area contributed by atoms with E-state index in [1.165, 1.54) is 18.2 Å². The van der Waals surface area contributed by atoms with Gasteiger partial charge in [0.25, 0.3) is 5.69 Å². The molecule has 0 aliphatic carbocycles. The number of hydrogen-bond donors (Lipinski definition) is 0. The molecule has 0 spiro atoms. The Hall–Kier alpha value is -3.80. The van der Waals surface area contributed by atoms with Crippen LogP contribution in [0, 0.1) is 17.0 Å². The summed E-state index contributed by atoms with van der Waals surface area (Å²) in [7, 11) is 0. The second kappa shape index (κ2) is 8.26. The number of nitro groups is 1. The molecule has 0 atom stereocenters. The summed E-state index contributed by atoms with van der Waals surface area (Å²) in [5.74, 6) is -1.01. The monoisotopic (exact) mass is 375 g/mol. The van der Waals surface area contributed by atoms with E-state index in [-0.39, 0.29) is 34.8 Å². The van der Waals surface area contributed by atoms with Gasteiger partial charge in [0.1, 0.15) is 6.61 Å². The Bertz CT molecular complexity index is 1040. The molecule has 0 bridgehead atoms. The van der Waals surface area contributed by atoms with Gasteiger partial charge in [-0.1, -0.05) is 60.2 Å². The number of ether oxygens (including phenoxy) is 1. The quantitative estimate of drug-likeness (QED) is 0.274. The summed E-state index contributed by atoms with van der Waals surface area (Å²) in [6, 6.07) is 19.4. The molecule has 6 heteroatoms. The molecular formula is C22H17NO5. The molecule has 6 nitrogen and oxygen atoms in total. The van der Waals surface area contributed by atoms with Crippen molar-refractivity contribution in [3.63, 3.8) is 0 Å².